The highest BCUT2D eigenvalue weighted by Gasteiger charge is 1.96. The van der Waals surface area contributed by atoms with Crippen LogP contribution in [0.4, 0.5) is 5.82 Å². The number of halogens is 1. The lowest BCUT2D eigenvalue weighted by Gasteiger charge is -2.05. The Morgan fingerprint density at radius 3 is 2.76 bits per heavy atom. The fourth-order valence-corrected chi connectivity index (χ4v) is 2.39. The first-order valence-corrected chi connectivity index (χ1v) is 7.02. The number of nitrogens with one attached hydrogen (secondary N) is 1. The summed E-state index contributed by atoms with van der Waals surface area (Å²) in [5.74, 6) is 1.85. The summed E-state index contributed by atoms with van der Waals surface area (Å²) in [6.45, 7) is 0.878. The zero-order valence-corrected chi connectivity index (χ0v) is 11.5. The van der Waals surface area contributed by atoms with Crippen LogP contribution in [0, 0.1) is 0 Å². The van der Waals surface area contributed by atoms with E-state index in [0.717, 1.165) is 22.7 Å². The molecule has 1 aromatic carbocycles. The molecule has 0 radical (unpaired) electrons. The van der Waals surface area contributed by atoms with Gasteiger partial charge in [0, 0.05) is 23.3 Å². The van der Waals surface area contributed by atoms with E-state index in [2.05, 4.69) is 55.5 Å². The maximum absolute atomic E-state index is 4.12. The number of nitrogens with zero attached hydrogens (tertiary/aromatic N) is 2. The van der Waals surface area contributed by atoms with Gasteiger partial charge >= 0.3 is 0 Å². The van der Waals surface area contributed by atoms with Gasteiger partial charge in [-0.15, -0.1) is 11.8 Å². The maximum atomic E-state index is 4.12. The second-order valence-electron chi connectivity index (χ2n) is 3.31. The zero-order chi connectivity index (χ0) is 11.9. The van der Waals surface area contributed by atoms with Crippen LogP contribution in [-0.4, -0.2) is 22.3 Å². The van der Waals surface area contributed by atoms with Crippen LogP contribution in [-0.2, 0) is 0 Å². The van der Waals surface area contributed by atoms with E-state index in [-0.39, 0.29) is 0 Å². The van der Waals surface area contributed by atoms with Crippen molar-refractivity contribution in [2.75, 3.05) is 17.6 Å². The molecule has 17 heavy (non-hydrogen) atoms. The van der Waals surface area contributed by atoms with E-state index in [1.54, 1.807) is 0 Å². The van der Waals surface area contributed by atoms with Crippen molar-refractivity contribution >= 4 is 33.5 Å². The van der Waals surface area contributed by atoms with Crippen LogP contribution in [0.25, 0.3) is 0 Å². The molecular weight excluding hydrogens is 298 g/mol. The second kappa shape index (κ2) is 6.61. The highest BCUT2D eigenvalue weighted by molar-refractivity contribution is 9.10. The minimum Gasteiger partial charge on any atom is -0.369 e. The lowest BCUT2D eigenvalue weighted by Crippen LogP contribution is -2.05. The normalized spacial score (nSPS) is 10.2. The Labute approximate surface area is 113 Å². The van der Waals surface area contributed by atoms with E-state index >= 15 is 0 Å². The van der Waals surface area contributed by atoms with Crippen molar-refractivity contribution in [1.82, 2.24) is 9.97 Å². The Kier molecular flexibility index (Phi) is 4.82. The Balaban J connectivity index is 1.73. The van der Waals surface area contributed by atoms with Crippen LogP contribution in [0.15, 0.2) is 52.2 Å². The van der Waals surface area contributed by atoms with Gasteiger partial charge in [0.05, 0.1) is 0 Å². The molecule has 0 unspecified atom stereocenters. The van der Waals surface area contributed by atoms with Gasteiger partial charge in [-0.1, -0.05) is 18.2 Å². The summed E-state index contributed by atoms with van der Waals surface area (Å²) >= 11 is 5.14. The predicted octanol–water partition coefficient (Wildman–Crippen LogP) is 3.44. The molecule has 1 heterocycles. The van der Waals surface area contributed by atoms with E-state index in [0.29, 0.717) is 0 Å². The Bertz CT molecular complexity index is 464. The summed E-state index contributed by atoms with van der Waals surface area (Å²) in [7, 11) is 0. The van der Waals surface area contributed by atoms with Gasteiger partial charge in [0.2, 0.25) is 0 Å². The van der Waals surface area contributed by atoms with Crippen LogP contribution in [0.2, 0.25) is 0 Å². The predicted molar refractivity (Wildman–Crippen MR) is 75.4 cm³/mol. The summed E-state index contributed by atoms with van der Waals surface area (Å²) in [5, 5.41) is 3.25. The fourth-order valence-electron chi connectivity index (χ4n) is 1.29. The van der Waals surface area contributed by atoms with Gasteiger partial charge in [0.25, 0.3) is 0 Å². The van der Waals surface area contributed by atoms with Crippen molar-refractivity contribution in [2.24, 2.45) is 0 Å². The largest absolute Gasteiger partial charge is 0.369 e. The molecule has 0 atom stereocenters. The molecule has 0 spiro atoms. The average Bonchev–Trinajstić information content (AvgIpc) is 2.36. The molecule has 0 aliphatic carbocycles. The molecule has 0 bridgehead atoms. The second-order valence-corrected chi connectivity index (χ2v) is 5.30. The minimum absolute atomic E-state index is 0.797. The molecule has 0 saturated carbocycles. The number of benzene rings is 1. The van der Waals surface area contributed by atoms with Gasteiger partial charge < -0.3 is 5.32 Å². The van der Waals surface area contributed by atoms with Crippen molar-refractivity contribution in [2.45, 2.75) is 4.90 Å². The van der Waals surface area contributed by atoms with Crippen LogP contribution >= 0.6 is 27.7 Å². The highest BCUT2D eigenvalue weighted by Crippen LogP contribution is 2.16. The number of aromatic nitrogens is 2. The molecule has 0 fully saturated rings. The molecule has 88 valence electrons. The first kappa shape index (κ1) is 12.4. The number of hydrogen-bond acceptors (Lipinski definition) is 4. The molecule has 0 aliphatic rings. The SMILES string of the molecule is Brc1cc(NCCSc2ccccc2)ncn1. The van der Waals surface area contributed by atoms with E-state index in [1.165, 1.54) is 11.2 Å². The monoisotopic (exact) mass is 309 g/mol. The lowest BCUT2D eigenvalue weighted by molar-refractivity contribution is 1.10. The number of thioether (sulfide) groups is 1. The molecule has 2 aromatic rings. The quantitative estimate of drug-likeness (QED) is 0.521. The van der Waals surface area contributed by atoms with Gasteiger partial charge in [-0.05, 0) is 28.1 Å². The first-order valence-electron chi connectivity index (χ1n) is 5.24. The molecule has 3 nitrogen and oxygen atoms in total. The van der Waals surface area contributed by atoms with Crippen molar-refractivity contribution in [3.05, 3.63) is 47.3 Å². The van der Waals surface area contributed by atoms with Gasteiger partial charge in [0.15, 0.2) is 0 Å². The van der Waals surface area contributed by atoms with Gasteiger partial charge in [0.1, 0.15) is 16.7 Å². The number of rotatable bonds is 5. The Hall–Kier alpha value is -1.07. The molecule has 0 aliphatic heterocycles. The molecular formula is C12H12BrN3S. The lowest BCUT2D eigenvalue weighted by atomic mass is 10.4. The molecule has 0 saturated heterocycles. The van der Waals surface area contributed by atoms with Crippen molar-refractivity contribution in [1.29, 1.82) is 0 Å². The third kappa shape index (κ3) is 4.36. The Morgan fingerprint density at radius 2 is 2.00 bits per heavy atom. The molecule has 5 heteroatoms. The topological polar surface area (TPSA) is 37.8 Å². The molecule has 2 rings (SSSR count). The smallest absolute Gasteiger partial charge is 0.130 e. The standard InChI is InChI=1S/C12H12BrN3S/c13-11-8-12(16-9-15-11)14-6-7-17-10-4-2-1-3-5-10/h1-5,8-9H,6-7H2,(H,14,15,16). The van der Waals surface area contributed by atoms with Crippen LogP contribution in [0.1, 0.15) is 0 Å². The zero-order valence-electron chi connectivity index (χ0n) is 9.14. The fraction of sp³-hybridized carbons (Fsp3) is 0.167. The van der Waals surface area contributed by atoms with Crippen LogP contribution in [0.3, 0.4) is 0 Å². The highest BCUT2D eigenvalue weighted by atomic mass is 79.9. The van der Waals surface area contributed by atoms with Crippen molar-refractivity contribution in [3.8, 4) is 0 Å². The molecule has 1 N–H and O–H groups in total. The van der Waals surface area contributed by atoms with Crippen LogP contribution < -0.4 is 5.32 Å². The third-order valence-corrected chi connectivity index (χ3v) is 3.50. The van der Waals surface area contributed by atoms with Gasteiger partial charge in [-0.2, -0.15) is 0 Å². The first-order chi connectivity index (χ1) is 8.34. The summed E-state index contributed by atoms with van der Waals surface area (Å²) in [5.41, 5.74) is 0. The summed E-state index contributed by atoms with van der Waals surface area (Å²) in [6, 6.07) is 12.2. The van der Waals surface area contributed by atoms with Crippen molar-refractivity contribution < 1.29 is 0 Å². The van der Waals surface area contributed by atoms with Gasteiger partial charge in [-0.25, -0.2) is 9.97 Å². The summed E-state index contributed by atoms with van der Waals surface area (Å²) in [6.07, 6.45) is 1.54. The number of anilines is 1. The summed E-state index contributed by atoms with van der Waals surface area (Å²) < 4.78 is 0.797. The number of hydrogen-bond donors (Lipinski definition) is 1. The molecule has 0 amide bonds. The van der Waals surface area contributed by atoms with Crippen LogP contribution in [0.5, 0.6) is 0 Å². The maximum Gasteiger partial charge on any atom is 0.130 e. The average molecular weight is 310 g/mol. The molecule has 1 aromatic heterocycles. The van der Waals surface area contributed by atoms with E-state index in [1.807, 2.05) is 23.9 Å². The summed E-state index contributed by atoms with van der Waals surface area (Å²) in [4.78, 5) is 9.39. The van der Waals surface area contributed by atoms with E-state index in [4.69, 9.17) is 0 Å². The Morgan fingerprint density at radius 1 is 1.18 bits per heavy atom. The van der Waals surface area contributed by atoms with E-state index in [9.17, 15) is 0 Å². The van der Waals surface area contributed by atoms with Crippen molar-refractivity contribution in [3.63, 3.8) is 0 Å². The minimum atomic E-state index is 0.797. The van der Waals surface area contributed by atoms with E-state index < -0.39 is 0 Å². The third-order valence-electron chi connectivity index (χ3n) is 2.05. The van der Waals surface area contributed by atoms with Gasteiger partial charge in [-0.3, -0.25) is 0 Å².